The number of methoxy groups -OCH3 is 2. The third-order valence-corrected chi connectivity index (χ3v) is 2.65. The van der Waals surface area contributed by atoms with E-state index in [0.717, 1.165) is 0 Å². The Kier molecular flexibility index (Phi) is 3.47. The summed E-state index contributed by atoms with van der Waals surface area (Å²) < 4.78 is 15.4. The van der Waals surface area contributed by atoms with Gasteiger partial charge in [-0.25, -0.2) is 0 Å². The largest absolute Gasteiger partial charge is 0.497 e. The van der Waals surface area contributed by atoms with Crippen molar-refractivity contribution in [3.8, 4) is 17.2 Å². The normalized spacial score (nSPS) is 12.4. The van der Waals surface area contributed by atoms with E-state index in [4.69, 9.17) is 19.7 Å². The van der Waals surface area contributed by atoms with Crippen molar-refractivity contribution in [2.24, 2.45) is 0 Å². The molecule has 18 heavy (non-hydrogen) atoms. The summed E-state index contributed by atoms with van der Waals surface area (Å²) in [6.07, 6.45) is -0.220. The van der Waals surface area contributed by atoms with Crippen LogP contribution in [0.4, 0.5) is 5.69 Å². The van der Waals surface area contributed by atoms with Gasteiger partial charge >= 0.3 is 0 Å². The minimum atomic E-state index is -0.220. The summed E-state index contributed by atoms with van der Waals surface area (Å²) in [4.78, 5) is 4.24. The predicted molar refractivity (Wildman–Crippen MR) is 66.1 cm³/mol. The fourth-order valence-corrected chi connectivity index (χ4v) is 1.48. The van der Waals surface area contributed by atoms with Crippen LogP contribution in [0.5, 0.6) is 5.75 Å². The van der Waals surface area contributed by atoms with Gasteiger partial charge in [0.1, 0.15) is 11.9 Å². The van der Waals surface area contributed by atoms with E-state index in [0.29, 0.717) is 28.7 Å². The Bertz CT molecular complexity index is 539. The molecule has 0 aliphatic carbocycles. The maximum absolute atomic E-state index is 5.91. The molecular formula is C12H15N3O3. The standard InChI is InChI=1S/C12H15N3O3/c1-7(16-2)11-14-12(18-15-11)9-5-4-8(17-3)6-10(9)13/h4-7H,13H2,1-3H3. The Balaban J connectivity index is 2.34. The molecule has 0 amide bonds. The zero-order valence-corrected chi connectivity index (χ0v) is 10.5. The van der Waals surface area contributed by atoms with Gasteiger partial charge in [0.2, 0.25) is 5.82 Å². The summed E-state index contributed by atoms with van der Waals surface area (Å²) in [7, 11) is 3.17. The Labute approximate surface area is 105 Å². The molecule has 1 aromatic heterocycles. The van der Waals surface area contributed by atoms with Gasteiger partial charge < -0.3 is 19.7 Å². The monoisotopic (exact) mass is 249 g/mol. The van der Waals surface area contributed by atoms with Crippen molar-refractivity contribution in [3.05, 3.63) is 24.0 Å². The number of rotatable bonds is 4. The second kappa shape index (κ2) is 5.05. The lowest BCUT2D eigenvalue weighted by Crippen LogP contribution is -1.98. The molecule has 1 aromatic carbocycles. The highest BCUT2D eigenvalue weighted by Crippen LogP contribution is 2.28. The summed E-state index contributed by atoms with van der Waals surface area (Å²) in [5, 5.41) is 3.85. The first-order chi connectivity index (χ1) is 8.65. The van der Waals surface area contributed by atoms with Crippen LogP contribution in [0.1, 0.15) is 18.9 Å². The van der Waals surface area contributed by atoms with Crippen LogP contribution in [0, 0.1) is 0 Å². The molecule has 6 nitrogen and oxygen atoms in total. The molecule has 96 valence electrons. The van der Waals surface area contributed by atoms with Gasteiger partial charge in [-0.05, 0) is 19.1 Å². The maximum atomic E-state index is 5.91. The lowest BCUT2D eigenvalue weighted by atomic mass is 10.1. The van der Waals surface area contributed by atoms with E-state index in [1.165, 1.54) is 0 Å². The number of hydrogen-bond donors (Lipinski definition) is 1. The average molecular weight is 249 g/mol. The second-order valence-corrected chi connectivity index (χ2v) is 3.79. The Hall–Kier alpha value is -2.08. The molecule has 0 bridgehead atoms. The average Bonchev–Trinajstić information content (AvgIpc) is 2.87. The van der Waals surface area contributed by atoms with E-state index < -0.39 is 0 Å². The van der Waals surface area contributed by atoms with Crippen molar-refractivity contribution in [3.63, 3.8) is 0 Å². The van der Waals surface area contributed by atoms with Gasteiger partial charge in [-0.15, -0.1) is 0 Å². The fraction of sp³-hybridized carbons (Fsp3) is 0.333. The number of benzene rings is 1. The summed E-state index contributed by atoms with van der Waals surface area (Å²) >= 11 is 0. The van der Waals surface area contributed by atoms with Crippen molar-refractivity contribution in [1.29, 1.82) is 0 Å². The molecule has 0 saturated heterocycles. The third kappa shape index (κ3) is 2.28. The van der Waals surface area contributed by atoms with Gasteiger partial charge in [0.05, 0.1) is 12.7 Å². The van der Waals surface area contributed by atoms with Gasteiger partial charge in [0.25, 0.3) is 5.89 Å². The Morgan fingerprint density at radius 2 is 2.11 bits per heavy atom. The zero-order chi connectivity index (χ0) is 13.1. The molecule has 1 heterocycles. The van der Waals surface area contributed by atoms with Crippen LogP contribution in [0.25, 0.3) is 11.5 Å². The van der Waals surface area contributed by atoms with Crippen LogP contribution in [-0.2, 0) is 4.74 Å². The van der Waals surface area contributed by atoms with Crippen LogP contribution in [0.15, 0.2) is 22.7 Å². The number of nitrogen functional groups attached to an aromatic ring is 1. The number of hydrogen-bond acceptors (Lipinski definition) is 6. The Morgan fingerprint density at radius 1 is 1.33 bits per heavy atom. The SMILES string of the molecule is COc1ccc(-c2nc(C(C)OC)no2)c(N)c1. The third-order valence-electron chi connectivity index (χ3n) is 2.65. The summed E-state index contributed by atoms with van der Waals surface area (Å²) in [5.74, 6) is 1.54. The molecule has 0 fully saturated rings. The van der Waals surface area contributed by atoms with Crippen molar-refractivity contribution >= 4 is 5.69 Å². The summed E-state index contributed by atoms with van der Waals surface area (Å²) in [6, 6.07) is 5.28. The van der Waals surface area contributed by atoms with Crippen molar-refractivity contribution in [2.75, 3.05) is 20.0 Å². The smallest absolute Gasteiger partial charge is 0.260 e. The van der Waals surface area contributed by atoms with Crippen molar-refractivity contribution in [1.82, 2.24) is 10.1 Å². The summed E-state index contributed by atoms with van der Waals surface area (Å²) in [5.41, 5.74) is 7.11. The van der Waals surface area contributed by atoms with E-state index in [9.17, 15) is 0 Å². The van der Waals surface area contributed by atoms with Gasteiger partial charge in [-0.2, -0.15) is 4.98 Å². The molecule has 2 N–H and O–H groups in total. The molecule has 0 aliphatic rings. The fourth-order valence-electron chi connectivity index (χ4n) is 1.48. The molecule has 2 rings (SSSR count). The first kappa shape index (κ1) is 12.4. The zero-order valence-electron chi connectivity index (χ0n) is 10.5. The van der Waals surface area contributed by atoms with E-state index in [1.54, 1.807) is 32.4 Å². The van der Waals surface area contributed by atoms with Crippen LogP contribution in [0.2, 0.25) is 0 Å². The number of nitrogens with two attached hydrogens (primary N) is 1. The van der Waals surface area contributed by atoms with Crippen LogP contribution >= 0.6 is 0 Å². The lowest BCUT2D eigenvalue weighted by Gasteiger charge is -2.04. The minimum absolute atomic E-state index is 0.220. The highest BCUT2D eigenvalue weighted by Gasteiger charge is 2.16. The molecule has 2 aromatic rings. The number of aromatic nitrogens is 2. The van der Waals surface area contributed by atoms with Gasteiger partial charge in [-0.1, -0.05) is 5.16 Å². The van der Waals surface area contributed by atoms with Crippen molar-refractivity contribution < 1.29 is 14.0 Å². The van der Waals surface area contributed by atoms with E-state index >= 15 is 0 Å². The second-order valence-electron chi connectivity index (χ2n) is 3.79. The van der Waals surface area contributed by atoms with Crippen LogP contribution in [0.3, 0.4) is 0 Å². The molecule has 1 unspecified atom stereocenters. The molecule has 0 spiro atoms. The molecule has 0 radical (unpaired) electrons. The first-order valence-corrected chi connectivity index (χ1v) is 5.46. The number of nitrogens with zero attached hydrogens (tertiary/aromatic N) is 2. The Morgan fingerprint density at radius 3 is 2.72 bits per heavy atom. The van der Waals surface area contributed by atoms with E-state index in [2.05, 4.69) is 10.1 Å². The topological polar surface area (TPSA) is 83.4 Å². The van der Waals surface area contributed by atoms with Gasteiger partial charge in [0, 0.05) is 18.9 Å². The van der Waals surface area contributed by atoms with E-state index in [1.807, 2.05) is 6.92 Å². The van der Waals surface area contributed by atoms with Crippen LogP contribution < -0.4 is 10.5 Å². The lowest BCUT2D eigenvalue weighted by molar-refractivity contribution is 0.109. The number of ether oxygens (including phenoxy) is 2. The quantitative estimate of drug-likeness (QED) is 0.835. The molecule has 1 atom stereocenters. The highest BCUT2D eigenvalue weighted by atomic mass is 16.5. The molecule has 0 aliphatic heterocycles. The summed E-state index contributed by atoms with van der Waals surface area (Å²) in [6.45, 7) is 1.84. The van der Waals surface area contributed by atoms with Gasteiger partial charge in [0.15, 0.2) is 0 Å². The minimum Gasteiger partial charge on any atom is -0.497 e. The number of anilines is 1. The molecule has 6 heteroatoms. The first-order valence-electron chi connectivity index (χ1n) is 5.46. The van der Waals surface area contributed by atoms with Crippen LogP contribution in [-0.4, -0.2) is 24.4 Å². The van der Waals surface area contributed by atoms with E-state index in [-0.39, 0.29) is 6.10 Å². The van der Waals surface area contributed by atoms with Gasteiger partial charge in [-0.3, -0.25) is 0 Å². The predicted octanol–water partition coefficient (Wildman–Crippen LogP) is 2.03. The molecule has 0 saturated carbocycles. The maximum Gasteiger partial charge on any atom is 0.260 e. The highest BCUT2D eigenvalue weighted by molar-refractivity contribution is 5.71. The van der Waals surface area contributed by atoms with Crippen molar-refractivity contribution in [2.45, 2.75) is 13.0 Å². The molecular weight excluding hydrogens is 234 g/mol.